The number of benzene rings is 1. The third kappa shape index (κ3) is 3.67. The topological polar surface area (TPSA) is 30.0 Å². The maximum absolute atomic E-state index is 12.1. The summed E-state index contributed by atoms with van der Waals surface area (Å²) in [6, 6.07) is 11.5. The predicted octanol–water partition coefficient (Wildman–Crippen LogP) is 4.31. The number of thioether (sulfide) groups is 1. The smallest absolute Gasteiger partial charge is 0.224 e. The largest absolute Gasteiger partial charge is 0.281 e. The van der Waals surface area contributed by atoms with Gasteiger partial charge in [-0.15, -0.1) is 0 Å². The molecule has 0 amide bonds. The van der Waals surface area contributed by atoms with Gasteiger partial charge in [0.1, 0.15) is 0 Å². The second-order valence-electron chi connectivity index (χ2n) is 5.40. The summed E-state index contributed by atoms with van der Waals surface area (Å²) in [7, 11) is 0. The van der Waals surface area contributed by atoms with E-state index in [4.69, 9.17) is 0 Å². The Balaban J connectivity index is 2.12. The lowest BCUT2D eigenvalue weighted by atomic mass is 9.87. The maximum Gasteiger partial charge on any atom is 0.224 e. The van der Waals surface area contributed by atoms with Crippen LogP contribution in [0.5, 0.6) is 0 Å². The molecule has 0 saturated heterocycles. The number of hydrogen-bond donors (Lipinski definition) is 0. The third-order valence-electron chi connectivity index (χ3n) is 2.85. The summed E-state index contributed by atoms with van der Waals surface area (Å²) >= 11 is 1.23. The number of carbonyl (C=O) groups excluding carboxylic acids is 1. The Morgan fingerprint density at radius 2 is 1.58 bits per heavy atom. The summed E-state index contributed by atoms with van der Waals surface area (Å²) in [6.07, 6.45) is 3.39. The van der Waals surface area contributed by atoms with Crippen molar-refractivity contribution in [1.82, 2.24) is 4.98 Å². The zero-order chi connectivity index (χ0) is 13.9. The highest BCUT2D eigenvalue weighted by Crippen LogP contribution is 2.25. The first kappa shape index (κ1) is 13.8. The van der Waals surface area contributed by atoms with Gasteiger partial charge < -0.3 is 0 Å². The average Bonchev–Trinajstić information content (AvgIpc) is 2.39. The zero-order valence-electron chi connectivity index (χ0n) is 11.4. The predicted molar refractivity (Wildman–Crippen MR) is 79.6 cm³/mol. The molecular formula is C16H17NOS. The fourth-order valence-corrected chi connectivity index (χ4v) is 2.40. The second kappa shape index (κ2) is 5.57. The minimum atomic E-state index is 0.0617. The molecule has 98 valence electrons. The Morgan fingerprint density at radius 1 is 1.00 bits per heavy atom. The van der Waals surface area contributed by atoms with Crippen LogP contribution >= 0.6 is 11.8 Å². The number of pyridine rings is 1. The van der Waals surface area contributed by atoms with Gasteiger partial charge in [-0.3, -0.25) is 9.78 Å². The van der Waals surface area contributed by atoms with Crippen LogP contribution in [0.2, 0.25) is 0 Å². The highest BCUT2D eigenvalue weighted by Gasteiger charge is 2.14. The van der Waals surface area contributed by atoms with E-state index < -0.39 is 0 Å². The van der Waals surface area contributed by atoms with E-state index in [1.807, 2.05) is 36.4 Å². The van der Waals surface area contributed by atoms with Crippen LogP contribution in [0.1, 0.15) is 36.7 Å². The normalized spacial score (nSPS) is 11.3. The van der Waals surface area contributed by atoms with Crippen LogP contribution in [-0.4, -0.2) is 10.1 Å². The molecule has 0 bridgehead atoms. The van der Waals surface area contributed by atoms with E-state index in [0.29, 0.717) is 0 Å². The van der Waals surface area contributed by atoms with Crippen molar-refractivity contribution in [3.63, 3.8) is 0 Å². The molecule has 0 spiro atoms. The Bertz CT molecular complexity index is 556. The quantitative estimate of drug-likeness (QED) is 0.762. The molecule has 2 aromatic rings. The molecule has 0 aliphatic heterocycles. The van der Waals surface area contributed by atoms with Crippen molar-refractivity contribution >= 4 is 16.9 Å². The van der Waals surface area contributed by atoms with Gasteiger partial charge in [-0.1, -0.05) is 45.0 Å². The Kier molecular flexibility index (Phi) is 4.05. The number of hydrogen-bond acceptors (Lipinski definition) is 3. The van der Waals surface area contributed by atoms with Crippen LogP contribution in [0, 0.1) is 0 Å². The molecule has 0 saturated carbocycles. The summed E-state index contributed by atoms with van der Waals surface area (Å²) in [5, 5.41) is 0.0617. The molecule has 0 N–H and O–H groups in total. The molecule has 0 atom stereocenters. The van der Waals surface area contributed by atoms with Gasteiger partial charge in [-0.25, -0.2) is 0 Å². The fraction of sp³-hybridized carbons (Fsp3) is 0.250. The van der Waals surface area contributed by atoms with Crippen molar-refractivity contribution in [1.29, 1.82) is 0 Å². The maximum atomic E-state index is 12.1. The lowest BCUT2D eigenvalue weighted by Gasteiger charge is -2.18. The first-order valence-electron chi connectivity index (χ1n) is 6.19. The molecule has 2 rings (SSSR count). The number of nitrogens with zero attached hydrogens (tertiary/aromatic N) is 1. The van der Waals surface area contributed by atoms with Crippen molar-refractivity contribution in [2.75, 3.05) is 0 Å². The van der Waals surface area contributed by atoms with E-state index in [-0.39, 0.29) is 10.5 Å². The monoisotopic (exact) mass is 271 g/mol. The summed E-state index contributed by atoms with van der Waals surface area (Å²) in [4.78, 5) is 17.0. The first-order chi connectivity index (χ1) is 8.97. The van der Waals surface area contributed by atoms with Crippen molar-refractivity contribution in [3.8, 4) is 0 Å². The Labute approximate surface area is 118 Å². The standard InChI is InChI=1S/C16H17NOS/c1-16(2,3)13-6-4-12(5-7-13)15(18)19-14-8-10-17-11-9-14/h4-11H,1-3H3. The van der Waals surface area contributed by atoms with Crippen molar-refractivity contribution in [2.24, 2.45) is 0 Å². The first-order valence-corrected chi connectivity index (χ1v) is 7.01. The van der Waals surface area contributed by atoms with Crippen LogP contribution in [-0.2, 0) is 5.41 Å². The SMILES string of the molecule is CC(C)(C)c1ccc(C(=O)Sc2ccncc2)cc1. The highest BCUT2D eigenvalue weighted by molar-refractivity contribution is 8.14. The summed E-state index contributed by atoms with van der Waals surface area (Å²) in [5.41, 5.74) is 2.08. The molecule has 1 heterocycles. The van der Waals surface area contributed by atoms with Gasteiger partial charge in [0.25, 0.3) is 0 Å². The van der Waals surface area contributed by atoms with E-state index >= 15 is 0 Å². The Hall–Kier alpha value is -1.61. The average molecular weight is 271 g/mol. The number of carbonyl (C=O) groups is 1. The molecule has 2 nitrogen and oxygen atoms in total. The molecule has 1 aromatic heterocycles. The molecule has 0 fully saturated rings. The molecule has 0 aliphatic rings. The van der Waals surface area contributed by atoms with Gasteiger partial charge in [0.2, 0.25) is 5.12 Å². The van der Waals surface area contributed by atoms with E-state index in [2.05, 4.69) is 25.8 Å². The van der Waals surface area contributed by atoms with Crippen molar-refractivity contribution in [3.05, 3.63) is 59.9 Å². The van der Waals surface area contributed by atoms with Gasteiger partial charge in [0.05, 0.1) is 0 Å². The van der Waals surface area contributed by atoms with E-state index in [0.717, 1.165) is 10.5 Å². The van der Waals surface area contributed by atoms with E-state index in [9.17, 15) is 4.79 Å². The third-order valence-corrected chi connectivity index (χ3v) is 3.78. The van der Waals surface area contributed by atoms with Crippen LogP contribution in [0.15, 0.2) is 53.7 Å². The minimum absolute atomic E-state index is 0.0617. The van der Waals surface area contributed by atoms with Gasteiger partial charge in [-0.05, 0) is 34.9 Å². The van der Waals surface area contributed by atoms with Crippen LogP contribution in [0.4, 0.5) is 0 Å². The summed E-state index contributed by atoms with van der Waals surface area (Å²) in [5.74, 6) is 0. The molecular weight excluding hydrogens is 254 g/mol. The van der Waals surface area contributed by atoms with Crippen molar-refractivity contribution in [2.45, 2.75) is 31.1 Å². The lowest BCUT2D eigenvalue weighted by Crippen LogP contribution is -2.10. The fourth-order valence-electron chi connectivity index (χ4n) is 1.68. The summed E-state index contributed by atoms with van der Waals surface area (Å²) in [6.45, 7) is 6.49. The van der Waals surface area contributed by atoms with Gasteiger partial charge >= 0.3 is 0 Å². The second-order valence-corrected chi connectivity index (χ2v) is 6.45. The van der Waals surface area contributed by atoms with Gasteiger partial charge in [0.15, 0.2) is 0 Å². The molecule has 0 unspecified atom stereocenters. The summed E-state index contributed by atoms with van der Waals surface area (Å²) < 4.78 is 0. The highest BCUT2D eigenvalue weighted by atomic mass is 32.2. The molecule has 3 heteroatoms. The molecule has 19 heavy (non-hydrogen) atoms. The zero-order valence-corrected chi connectivity index (χ0v) is 12.2. The molecule has 1 aromatic carbocycles. The minimum Gasteiger partial charge on any atom is -0.281 e. The van der Waals surface area contributed by atoms with E-state index in [1.165, 1.54) is 17.3 Å². The van der Waals surface area contributed by atoms with Crippen LogP contribution < -0.4 is 0 Å². The van der Waals surface area contributed by atoms with Crippen LogP contribution in [0.25, 0.3) is 0 Å². The molecule has 0 radical (unpaired) electrons. The number of aromatic nitrogens is 1. The number of rotatable bonds is 2. The van der Waals surface area contributed by atoms with Gasteiger partial charge in [-0.2, -0.15) is 0 Å². The van der Waals surface area contributed by atoms with E-state index in [1.54, 1.807) is 12.4 Å². The van der Waals surface area contributed by atoms with Crippen LogP contribution in [0.3, 0.4) is 0 Å². The lowest BCUT2D eigenvalue weighted by molar-refractivity contribution is 0.108. The molecule has 0 aliphatic carbocycles. The van der Waals surface area contributed by atoms with Gasteiger partial charge in [0, 0.05) is 22.9 Å². The van der Waals surface area contributed by atoms with Crippen molar-refractivity contribution < 1.29 is 4.79 Å². The Morgan fingerprint density at radius 3 is 2.11 bits per heavy atom.